The van der Waals surface area contributed by atoms with Crippen LogP contribution in [0.5, 0.6) is 0 Å². The van der Waals surface area contributed by atoms with Crippen LogP contribution in [0.25, 0.3) is 0 Å². The number of carbonyl (C=O) groups is 2. The number of hydrogen-bond donors (Lipinski definition) is 0. The average Bonchev–Trinajstić information content (AvgIpc) is 3.32. The number of ether oxygens (including phenoxy) is 2. The Bertz CT molecular complexity index is 508. The number of thioether (sulfide) groups is 1. The molecule has 0 radical (unpaired) electrons. The van der Waals surface area contributed by atoms with Crippen LogP contribution < -0.4 is 0 Å². The van der Waals surface area contributed by atoms with Crippen molar-refractivity contribution in [2.75, 3.05) is 26.0 Å². The Morgan fingerprint density at radius 2 is 2.09 bits per heavy atom. The molecule has 6 heteroatoms. The Balaban J connectivity index is 1.88. The minimum Gasteiger partial charge on any atom is -0.468 e. The number of carbonyl (C=O) groups excluding carboxylic acids is 2. The maximum Gasteiger partial charge on any atom is 0.324 e. The molecule has 1 aliphatic rings. The van der Waals surface area contributed by atoms with Crippen molar-refractivity contribution in [3.05, 3.63) is 35.9 Å². The van der Waals surface area contributed by atoms with Gasteiger partial charge in [0.05, 0.1) is 13.7 Å². The first-order valence-corrected chi connectivity index (χ1v) is 8.44. The Labute approximate surface area is 135 Å². The summed E-state index contributed by atoms with van der Waals surface area (Å²) in [7, 11) is 1.36. The van der Waals surface area contributed by atoms with Gasteiger partial charge in [0.2, 0.25) is 0 Å². The number of benzene rings is 1. The average molecular weight is 323 g/mol. The molecule has 0 aromatic heterocycles. The fourth-order valence-corrected chi connectivity index (χ4v) is 3.34. The summed E-state index contributed by atoms with van der Waals surface area (Å²) < 4.78 is 9.85. The zero-order valence-electron chi connectivity index (χ0n) is 12.9. The van der Waals surface area contributed by atoms with Crippen molar-refractivity contribution in [3.8, 4) is 0 Å². The van der Waals surface area contributed by atoms with Gasteiger partial charge < -0.3 is 9.47 Å². The third-order valence-electron chi connectivity index (χ3n) is 3.47. The van der Waals surface area contributed by atoms with Crippen molar-refractivity contribution in [2.24, 2.45) is 0 Å². The molecule has 1 saturated heterocycles. The summed E-state index contributed by atoms with van der Waals surface area (Å²) >= 11 is 1.66. The molecular weight excluding hydrogens is 302 g/mol. The van der Waals surface area contributed by atoms with Crippen LogP contribution in [0.3, 0.4) is 0 Å². The van der Waals surface area contributed by atoms with Crippen LogP contribution in [0.15, 0.2) is 30.3 Å². The lowest BCUT2D eigenvalue weighted by atomic mass is 10.2. The zero-order chi connectivity index (χ0) is 15.9. The highest BCUT2D eigenvalue weighted by atomic mass is 32.2. The molecule has 0 amide bonds. The van der Waals surface area contributed by atoms with Crippen molar-refractivity contribution >= 4 is 23.7 Å². The van der Waals surface area contributed by atoms with Gasteiger partial charge in [-0.1, -0.05) is 30.3 Å². The summed E-state index contributed by atoms with van der Waals surface area (Å²) in [6.07, 6.45) is 0. The first-order chi connectivity index (χ1) is 10.7. The molecule has 1 aliphatic heterocycles. The van der Waals surface area contributed by atoms with Gasteiger partial charge in [0.1, 0.15) is 12.1 Å². The Hall–Kier alpha value is -1.53. The Kier molecular flexibility index (Phi) is 6.27. The van der Waals surface area contributed by atoms with E-state index in [4.69, 9.17) is 9.47 Å². The predicted octanol–water partition coefficient (Wildman–Crippen LogP) is 1.71. The second kappa shape index (κ2) is 8.19. The van der Waals surface area contributed by atoms with Crippen LogP contribution in [-0.2, 0) is 24.8 Å². The van der Waals surface area contributed by atoms with Crippen molar-refractivity contribution < 1.29 is 19.1 Å². The molecule has 1 aromatic carbocycles. The molecule has 5 nitrogen and oxygen atoms in total. The molecule has 0 spiro atoms. The molecule has 1 aromatic rings. The van der Waals surface area contributed by atoms with Gasteiger partial charge in [-0.15, -0.1) is 0 Å². The van der Waals surface area contributed by atoms with Crippen molar-refractivity contribution in [3.63, 3.8) is 0 Å². The zero-order valence-corrected chi connectivity index (χ0v) is 13.7. The summed E-state index contributed by atoms with van der Waals surface area (Å²) in [4.78, 5) is 25.5. The smallest absolute Gasteiger partial charge is 0.324 e. The van der Waals surface area contributed by atoms with E-state index in [0.29, 0.717) is 18.9 Å². The molecule has 3 unspecified atom stereocenters. The largest absolute Gasteiger partial charge is 0.468 e. The van der Waals surface area contributed by atoms with Gasteiger partial charge in [-0.05, 0) is 12.5 Å². The van der Waals surface area contributed by atoms with Crippen LogP contribution >= 0.6 is 11.8 Å². The summed E-state index contributed by atoms with van der Waals surface area (Å²) in [5.41, 5.74) is 1.21. The van der Waals surface area contributed by atoms with Crippen LogP contribution in [0.1, 0.15) is 12.5 Å². The highest BCUT2D eigenvalue weighted by Gasteiger charge is 2.48. The standard InChI is InChI=1S/C16H21NO4S/c1-3-21-16(19)14(17-9-13(17)15(18)20-2)11-22-10-12-7-5-4-6-8-12/h4-8,13-14H,3,9-11H2,1-2H3. The lowest BCUT2D eigenvalue weighted by molar-refractivity contribution is -0.147. The van der Waals surface area contributed by atoms with Crippen molar-refractivity contribution in [1.29, 1.82) is 0 Å². The SMILES string of the molecule is CCOC(=O)C(CSCc1ccccc1)N1CC1C(=O)OC. The first kappa shape index (κ1) is 16.8. The van der Waals surface area contributed by atoms with E-state index in [0.717, 1.165) is 5.75 Å². The maximum absolute atomic E-state index is 12.1. The van der Waals surface area contributed by atoms with Crippen LogP contribution in [0, 0.1) is 0 Å². The molecule has 22 heavy (non-hydrogen) atoms. The van der Waals surface area contributed by atoms with E-state index in [-0.39, 0.29) is 18.0 Å². The fraction of sp³-hybridized carbons (Fsp3) is 0.500. The third kappa shape index (κ3) is 4.48. The van der Waals surface area contributed by atoms with Crippen LogP contribution in [-0.4, -0.2) is 54.9 Å². The lowest BCUT2D eigenvalue weighted by Crippen LogP contribution is -2.36. The van der Waals surface area contributed by atoms with E-state index in [1.54, 1.807) is 18.7 Å². The lowest BCUT2D eigenvalue weighted by Gasteiger charge is -2.17. The molecule has 2 rings (SSSR count). The second-order valence-electron chi connectivity index (χ2n) is 5.00. The fourth-order valence-electron chi connectivity index (χ4n) is 2.24. The van der Waals surface area contributed by atoms with Gasteiger partial charge in [0.25, 0.3) is 0 Å². The quantitative estimate of drug-likeness (QED) is 0.536. The summed E-state index contributed by atoms with van der Waals surface area (Å²) in [5.74, 6) is 0.867. The van der Waals surface area contributed by atoms with Gasteiger partial charge in [-0.3, -0.25) is 14.5 Å². The Morgan fingerprint density at radius 1 is 1.36 bits per heavy atom. The molecule has 1 heterocycles. The van der Waals surface area contributed by atoms with Gasteiger partial charge in [0, 0.05) is 18.1 Å². The molecule has 0 saturated carbocycles. The van der Waals surface area contributed by atoms with E-state index >= 15 is 0 Å². The van der Waals surface area contributed by atoms with E-state index in [9.17, 15) is 9.59 Å². The molecular formula is C16H21NO4S. The minimum absolute atomic E-state index is 0.269. The maximum atomic E-state index is 12.1. The van der Waals surface area contributed by atoms with Gasteiger partial charge in [-0.25, -0.2) is 0 Å². The minimum atomic E-state index is -0.391. The monoisotopic (exact) mass is 323 g/mol. The summed E-state index contributed by atoms with van der Waals surface area (Å²) in [6, 6.07) is 9.39. The van der Waals surface area contributed by atoms with Crippen LogP contribution in [0.2, 0.25) is 0 Å². The second-order valence-corrected chi connectivity index (χ2v) is 6.03. The van der Waals surface area contributed by atoms with E-state index in [2.05, 4.69) is 12.1 Å². The van der Waals surface area contributed by atoms with Crippen molar-refractivity contribution in [1.82, 2.24) is 4.90 Å². The molecule has 0 bridgehead atoms. The van der Waals surface area contributed by atoms with Crippen molar-refractivity contribution in [2.45, 2.75) is 24.8 Å². The third-order valence-corrected chi connectivity index (χ3v) is 4.56. The first-order valence-electron chi connectivity index (χ1n) is 7.29. The molecule has 1 fully saturated rings. The summed E-state index contributed by atoms with van der Waals surface area (Å²) in [6.45, 7) is 2.68. The highest BCUT2D eigenvalue weighted by Crippen LogP contribution is 2.26. The molecule has 0 aliphatic carbocycles. The van der Waals surface area contributed by atoms with Gasteiger partial charge in [0.15, 0.2) is 0 Å². The van der Waals surface area contributed by atoms with Gasteiger partial charge >= 0.3 is 11.9 Å². The number of methoxy groups -OCH3 is 1. The van der Waals surface area contributed by atoms with E-state index in [1.165, 1.54) is 12.7 Å². The van der Waals surface area contributed by atoms with Gasteiger partial charge in [-0.2, -0.15) is 11.8 Å². The normalized spacial score (nSPS) is 21.0. The number of hydrogen-bond acceptors (Lipinski definition) is 6. The van der Waals surface area contributed by atoms with E-state index in [1.807, 2.05) is 23.1 Å². The topological polar surface area (TPSA) is 55.6 Å². The molecule has 0 N–H and O–H groups in total. The highest BCUT2D eigenvalue weighted by molar-refractivity contribution is 7.98. The molecule has 3 atom stereocenters. The van der Waals surface area contributed by atoms with E-state index < -0.39 is 6.04 Å². The Morgan fingerprint density at radius 3 is 2.73 bits per heavy atom. The number of rotatable bonds is 8. The molecule has 120 valence electrons. The number of nitrogens with zero attached hydrogens (tertiary/aromatic N) is 1. The van der Waals surface area contributed by atoms with Crippen LogP contribution in [0.4, 0.5) is 0 Å². The number of esters is 2. The summed E-state index contributed by atoms with van der Waals surface area (Å²) in [5, 5.41) is 0. The predicted molar refractivity (Wildman–Crippen MR) is 85.5 cm³/mol.